The van der Waals surface area contributed by atoms with Gasteiger partial charge in [0.05, 0.1) is 5.97 Å². The molecule has 0 aromatic rings. The number of carboxylic acids is 2. The monoisotopic (exact) mass is 232 g/mol. The van der Waals surface area contributed by atoms with E-state index in [9.17, 15) is 19.8 Å². The Hall–Kier alpha value is -0.278. The van der Waals surface area contributed by atoms with Crippen LogP contribution in [0.4, 0.5) is 0 Å². The van der Waals surface area contributed by atoms with Crippen molar-refractivity contribution in [2.45, 2.75) is 18.9 Å². The molecule has 0 saturated heterocycles. The normalized spacial score (nSPS) is 10.4. The molecule has 12 heavy (non-hydrogen) atoms. The fourth-order valence-corrected chi connectivity index (χ4v) is 0.391. The Bertz CT molecular complexity index is 154. The molecule has 0 saturated carbocycles. The molecule has 2 N–H and O–H groups in total. The molecule has 0 aromatic carbocycles. The summed E-state index contributed by atoms with van der Waals surface area (Å²) in [4.78, 5) is 19.6. The molecule has 0 heterocycles. The maximum absolute atomic E-state index is 9.86. The van der Waals surface area contributed by atoms with Gasteiger partial charge in [0.25, 0.3) is 0 Å². The minimum absolute atomic E-state index is 0. The Labute approximate surface area is 86.5 Å². The molecule has 0 aliphatic rings. The largest absolute Gasteiger partial charge is 3.00 e. The number of nitrogens with two attached hydrogens (primary N) is 1. The van der Waals surface area contributed by atoms with Crippen LogP contribution >= 0.6 is 0 Å². The van der Waals surface area contributed by atoms with Crippen molar-refractivity contribution in [3.8, 4) is 0 Å². The first-order valence-corrected chi connectivity index (χ1v) is 2.70. The molecule has 0 unspecified atom stereocenters. The summed E-state index contributed by atoms with van der Waals surface area (Å²) < 4.78 is 0. The first-order valence-electron chi connectivity index (χ1n) is 2.70. The zero-order valence-corrected chi connectivity index (χ0v) is 8.02. The standard InChI is InChI=1S/C5H9NO4.ClH.Cr/c6-3(5(9)10)1-2-4(7)8;;/h3H,1-2,6H2,(H,7,8)(H,9,10);1H;/q;;+3/p-3/t3-;;/m0../s1. The Morgan fingerprint density at radius 2 is 1.75 bits per heavy atom. The Morgan fingerprint density at radius 3 is 2.00 bits per heavy atom. The molecule has 0 rings (SSSR count). The van der Waals surface area contributed by atoms with Gasteiger partial charge in [-0.25, -0.2) is 0 Å². The summed E-state index contributed by atoms with van der Waals surface area (Å²) in [5.41, 5.74) is 4.91. The van der Waals surface area contributed by atoms with Gasteiger partial charge in [-0.05, 0) is 12.8 Å². The van der Waals surface area contributed by atoms with E-state index in [2.05, 4.69) is 0 Å². The third-order valence-corrected chi connectivity index (χ3v) is 0.962. The van der Waals surface area contributed by atoms with Crippen LogP contribution in [0.15, 0.2) is 0 Å². The van der Waals surface area contributed by atoms with Crippen LogP contribution in [0.2, 0.25) is 0 Å². The number of rotatable bonds is 4. The van der Waals surface area contributed by atoms with Crippen LogP contribution in [0, 0.1) is 0 Å². The Kier molecular flexibility index (Phi) is 13.0. The Morgan fingerprint density at radius 1 is 1.33 bits per heavy atom. The second-order valence-corrected chi connectivity index (χ2v) is 1.84. The summed E-state index contributed by atoms with van der Waals surface area (Å²) in [6.07, 6.45) is -0.500. The molecule has 0 aromatic heterocycles. The van der Waals surface area contributed by atoms with Crippen LogP contribution in [-0.2, 0) is 27.0 Å². The molecule has 7 heteroatoms. The van der Waals surface area contributed by atoms with Crippen molar-refractivity contribution >= 4 is 11.9 Å². The van der Waals surface area contributed by atoms with Crippen LogP contribution in [0.1, 0.15) is 12.8 Å². The smallest absolute Gasteiger partial charge is 1.00 e. The van der Waals surface area contributed by atoms with Crippen molar-refractivity contribution in [2.24, 2.45) is 5.73 Å². The van der Waals surface area contributed by atoms with E-state index >= 15 is 0 Å². The number of hydrogen-bond donors (Lipinski definition) is 1. The average Bonchev–Trinajstić information content (AvgIpc) is 1.82. The third kappa shape index (κ3) is 9.72. The molecule has 0 bridgehead atoms. The topological polar surface area (TPSA) is 106 Å². The van der Waals surface area contributed by atoms with E-state index in [4.69, 9.17) is 5.73 Å². The Balaban J connectivity index is -0.000000405. The van der Waals surface area contributed by atoms with Gasteiger partial charge in [-0.2, -0.15) is 0 Å². The van der Waals surface area contributed by atoms with E-state index in [-0.39, 0.29) is 42.6 Å². The van der Waals surface area contributed by atoms with E-state index < -0.39 is 18.0 Å². The second kappa shape index (κ2) is 8.82. The van der Waals surface area contributed by atoms with Crippen LogP contribution in [0.5, 0.6) is 0 Å². The quantitative estimate of drug-likeness (QED) is 0.519. The maximum atomic E-state index is 9.86. The summed E-state index contributed by atoms with van der Waals surface area (Å²) in [5.74, 6) is -2.75. The predicted molar refractivity (Wildman–Crippen MR) is 27.2 cm³/mol. The minimum Gasteiger partial charge on any atom is -1.00 e. The molecular weight excluding hydrogens is 226 g/mol. The van der Waals surface area contributed by atoms with Crippen LogP contribution in [0.3, 0.4) is 0 Å². The van der Waals surface area contributed by atoms with E-state index in [0.717, 1.165) is 0 Å². The van der Waals surface area contributed by atoms with Gasteiger partial charge in [-0.15, -0.1) is 0 Å². The molecule has 0 aliphatic heterocycles. The van der Waals surface area contributed by atoms with Crippen LogP contribution in [-0.4, -0.2) is 18.0 Å². The molecule has 69 valence electrons. The number of hydrogen-bond acceptors (Lipinski definition) is 5. The van der Waals surface area contributed by atoms with Crippen molar-refractivity contribution in [1.29, 1.82) is 0 Å². The van der Waals surface area contributed by atoms with Gasteiger partial charge >= 0.3 is 17.4 Å². The van der Waals surface area contributed by atoms with Crippen molar-refractivity contribution < 1.29 is 49.6 Å². The fraction of sp³-hybridized carbons (Fsp3) is 0.600. The summed E-state index contributed by atoms with van der Waals surface area (Å²) in [5, 5.41) is 19.6. The van der Waals surface area contributed by atoms with Gasteiger partial charge in [0.2, 0.25) is 0 Å². The van der Waals surface area contributed by atoms with E-state index in [1.54, 1.807) is 0 Å². The van der Waals surface area contributed by atoms with E-state index in [0.29, 0.717) is 0 Å². The average molecular weight is 233 g/mol. The van der Waals surface area contributed by atoms with Gasteiger partial charge < -0.3 is 37.9 Å². The molecule has 1 atom stereocenters. The SMILES string of the molecule is N[C@@H](CCC(=O)[O-])C(=O)[O-].[Cl-].[Cr+3]. The minimum atomic E-state index is -1.44. The molecule has 5 nitrogen and oxygen atoms in total. The van der Waals surface area contributed by atoms with Crippen LogP contribution < -0.4 is 28.4 Å². The number of halogens is 1. The van der Waals surface area contributed by atoms with Crippen molar-refractivity contribution in [3.05, 3.63) is 0 Å². The molecule has 0 fully saturated rings. The van der Waals surface area contributed by atoms with Crippen LogP contribution in [0.25, 0.3) is 0 Å². The van der Waals surface area contributed by atoms with Crippen molar-refractivity contribution in [1.82, 2.24) is 0 Å². The van der Waals surface area contributed by atoms with Gasteiger partial charge in [0.15, 0.2) is 0 Å². The first-order chi connectivity index (χ1) is 4.54. The van der Waals surface area contributed by atoms with Gasteiger partial charge in [0, 0.05) is 12.0 Å². The van der Waals surface area contributed by atoms with Gasteiger partial charge in [-0.3, -0.25) is 0 Å². The summed E-state index contributed by atoms with van der Waals surface area (Å²) >= 11 is 0. The molecule has 0 amide bonds. The fourth-order valence-electron chi connectivity index (χ4n) is 0.391. The summed E-state index contributed by atoms with van der Waals surface area (Å²) in [7, 11) is 0. The van der Waals surface area contributed by atoms with E-state index in [1.165, 1.54) is 0 Å². The number of aliphatic carboxylic acids is 2. The number of carboxylic acid groups (broad SMARTS) is 2. The summed E-state index contributed by atoms with van der Waals surface area (Å²) in [6.45, 7) is 0. The van der Waals surface area contributed by atoms with E-state index in [1.807, 2.05) is 0 Å². The zero-order chi connectivity index (χ0) is 8.15. The molecule has 1 radical (unpaired) electrons. The molecule has 0 spiro atoms. The molecule has 0 aliphatic carbocycles. The summed E-state index contributed by atoms with van der Waals surface area (Å²) in [6, 6.07) is -1.21. The molecular formula is C5H7ClCrNO4. The van der Waals surface area contributed by atoms with Gasteiger partial charge in [-0.1, -0.05) is 0 Å². The number of carbonyl (C=O) groups excluding carboxylic acids is 2. The zero-order valence-electron chi connectivity index (χ0n) is 5.99. The first kappa shape index (κ1) is 17.7. The van der Waals surface area contributed by atoms with Crippen molar-refractivity contribution in [3.63, 3.8) is 0 Å². The third-order valence-electron chi connectivity index (χ3n) is 0.962. The van der Waals surface area contributed by atoms with Gasteiger partial charge in [0.1, 0.15) is 0 Å². The second-order valence-electron chi connectivity index (χ2n) is 1.84. The predicted octanol–water partition coefficient (Wildman–Crippen LogP) is -6.40. The maximum Gasteiger partial charge on any atom is 3.00 e. The number of carbonyl (C=O) groups is 2. The van der Waals surface area contributed by atoms with Crippen molar-refractivity contribution in [2.75, 3.05) is 0 Å².